The Bertz CT molecular complexity index is 251. The van der Waals surface area contributed by atoms with Crippen LogP contribution in [0.5, 0.6) is 0 Å². The fraction of sp³-hybridized carbons (Fsp3) is 0.700. The van der Waals surface area contributed by atoms with E-state index in [9.17, 15) is 0 Å². The molecule has 0 fully saturated rings. The highest BCUT2D eigenvalue weighted by atomic mass is 32.2. The predicted molar refractivity (Wildman–Crippen MR) is 69.6 cm³/mol. The number of thioether (sulfide) groups is 1. The molecule has 0 saturated carbocycles. The van der Waals surface area contributed by atoms with Gasteiger partial charge in [0.15, 0.2) is 0 Å². The second-order valence-electron chi connectivity index (χ2n) is 4.35. The molecular weight excluding hydrogens is 230 g/mol. The summed E-state index contributed by atoms with van der Waals surface area (Å²) in [7, 11) is 0. The summed E-state index contributed by atoms with van der Waals surface area (Å²) in [6, 6.07) is 0. The van der Waals surface area contributed by atoms with Crippen molar-refractivity contribution >= 4 is 35.7 Å². The molecule has 0 radical (unpaired) electrons. The first-order valence-electron chi connectivity index (χ1n) is 4.67. The summed E-state index contributed by atoms with van der Waals surface area (Å²) in [6.45, 7) is 6.82. The zero-order valence-electron chi connectivity index (χ0n) is 8.86. The van der Waals surface area contributed by atoms with Gasteiger partial charge in [0.2, 0.25) is 0 Å². The van der Waals surface area contributed by atoms with Crippen molar-refractivity contribution in [3.8, 4) is 0 Å². The Morgan fingerprint density at radius 3 is 2.71 bits per heavy atom. The number of hydrogen-bond donors (Lipinski definition) is 1. The van der Waals surface area contributed by atoms with Crippen LogP contribution in [0.15, 0.2) is 15.9 Å². The normalized spacial score (nSPS) is 14.3. The van der Waals surface area contributed by atoms with Crippen molar-refractivity contribution in [1.82, 2.24) is 4.98 Å². The molecular formula is C10H17NS3. The van der Waals surface area contributed by atoms with Gasteiger partial charge < -0.3 is 0 Å². The average Bonchev–Trinajstić information content (AvgIpc) is 2.55. The largest absolute Gasteiger partial charge is 0.238 e. The molecule has 0 bridgehead atoms. The van der Waals surface area contributed by atoms with E-state index >= 15 is 0 Å². The minimum Gasteiger partial charge on any atom is -0.238 e. The Balaban J connectivity index is 2.43. The van der Waals surface area contributed by atoms with E-state index in [-0.39, 0.29) is 0 Å². The van der Waals surface area contributed by atoms with Crippen LogP contribution < -0.4 is 0 Å². The van der Waals surface area contributed by atoms with Crippen molar-refractivity contribution in [1.29, 1.82) is 0 Å². The number of hydrogen-bond acceptors (Lipinski definition) is 4. The van der Waals surface area contributed by atoms with Gasteiger partial charge in [-0.25, -0.2) is 4.98 Å². The third kappa shape index (κ3) is 3.83. The van der Waals surface area contributed by atoms with Gasteiger partial charge in [-0.3, -0.25) is 0 Å². The topological polar surface area (TPSA) is 12.9 Å². The van der Waals surface area contributed by atoms with E-state index in [2.05, 4.69) is 38.4 Å². The van der Waals surface area contributed by atoms with E-state index < -0.39 is 0 Å². The Morgan fingerprint density at radius 2 is 2.29 bits per heavy atom. The second-order valence-corrected chi connectivity index (χ2v) is 6.88. The zero-order chi connectivity index (χ0) is 10.6. The monoisotopic (exact) mass is 247 g/mol. The maximum atomic E-state index is 4.41. The van der Waals surface area contributed by atoms with Crippen LogP contribution in [0.2, 0.25) is 0 Å². The molecule has 1 aromatic rings. The first kappa shape index (κ1) is 12.4. The van der Waals surface area contributed by atoms with Crippen LogP contribution in [0.25, 0.3) is 0 Å². The Hall–Kier alpha value is 0.330. The lowest BCUT2D eigenvalue weighted by Gasteiger charge is -2.28. The molecule has 1 rings (SSSR count). The third-order valence-corrected chi connectivity index (χ3v) is 4.83. The number of thiol groups is 1. The summed E-state index contributed by atoms with van der Waals surface area (Å²) >= 11 is 7.97. The number of thiazole rings is 1. The number of rotatable bonds is 4. The molecule has 0 saturated heterocycles. The minimum absolute atomic E-state index is 0.339. The minimum atomic E-state index is 0.339. The van der Waals surface area contributed by atoms with E-state index in [1.165, 1.54) is 4.34 Å². The zero-order valence-corrected chi connectivity index (χ0v) is 11.4. The molecule has 0 aliphatic rings. The van der Waals surface area contributed by atoms with Crippen molar-refractivity contribution in [3.05, 3.63) is 11.6 Å². The standard InChI is InChI=1S/C10H17NS3/c1-10(2,3)8(6-12)7-14-9-11-4-5-13-9/h4-5,8,12H,6-7H2,1-3H3. The molecule has 14 heavy (non-hydrogen) atoms. The van der Waals surface area contributed by atoms with Crippen LogP contribution in [-0.2, 0) is 0 Å². The fourth-order valence-electron chi connectivity index (χ4n) is 1.03. The van der Waals surface area contributed by atoms with Gasteiger partial charge in [0.05, 0.1) is 0 Å². The highest BCUT2D eigenvalue weighted by Crippen LogP contribution is 2.32. The molecule has 0 spiro atoms. The van der Waals surface area contributed by atoms with Crippen molar-refractivity contribution in [3.63, 3.8) is 0 Å². The highest BCUT2D eigenvalue weighted by Gasteiger charge is 2.23. The molecule has 0 amide bonds. The third-order valence-electron chi connectivity index (χ3n) is 2.26. The first-order chi connectivity index (χ1) is 6.54. The fourth-order valence-corrected chi connectivity index (χ4v) is 3.98. The molecule has 1 nitrogen and oxygen atoms in total. The SMILES string of the molecule is CC(C)(C)C(CS)CSc1nccs1. The molecule has 1 heterocycles. The lowest BCUT2D eigenvalue weighted by Crippen LogP contribution is -2.24. The van der Waals surface area contributed by atoms with E-state index in [0.717, 1.165) is 11.5 Å². The van der Waals surface area contributed by atoms with Crippen LogP contribution in [-0.4, -0.2) is 16.5 Å². The Labute approximate surface area is 100 Å². The van der Waals surface area contributed by atoms with Crippen molar-refractivity contribution in [2.24, 2.45) is 11.3 Å². The van der Waals surface area contributed by atoms with Crippen LogP contribution >= 0.6 is 35.7 Å². The molecule has 0 aliphatic carbocycles. The molecule has 0 aromatic carbocycles. The van der Waals surface area contributed by atoms with E-state index in [0.29, 0.717) is 11.3 Å². The van der Waals surface area contributed by atoms with E-state index in [1.54, 1.807) is 11.3 Å². The maximum absolute atomic E-state index is 4.41. The molecule has 4 heteroatoms. The summed E-state index contributed by atoms with van der Waals surface area (Å²) < 4.78 is 1.17. The van der Waals surface area contributed by atoms with Crippen LogP contribution in [0.3, 0.4) is 0 Å². The van der Waals surface area contributed by atoms with Gasteiger partial charge in [-0.2, -0.15) is 12.6 Å². The second kappa shape index (κ2) is 5.42. The highest BCUT2D eigenvalue weighted by molar-refractivity contribution is 8.01. The number of aromatic nitrogens is 1. The summed E-state index contributed by atoms with van der Waals surface area (Å²) in [5.41, 5.74) is 0.339. The summed E-state index contributed by atoms with van der Waals surface area (Å²) in [5.74, 6) is 2.70. The Kier molecular flexibility index (Phi) is 4.80. The van der Waals surface area contributed by atoms with Crippen LogP contribution in [0, 0.1) is 11.3 Å². The lowest BCUT2D eigenvalue weighted by molar-refractivity contribution is 0.294. The summed E-state index contributed by atoms with van der Waals surface area (Å²) in [4.78, 5) is 4.26. The van der Waals surface area contributed by atoms with Gasteiger partial charge in [0.1, 0.15) is 4.34 Å². The molecule has 1 aromatic heterocycles. The molecule has 1 unspecified atom stereocenters. The lowest BCUT2D eigenvalue weighted by atomic mass is 9.83. The summed E-state index contributed by atoms with van der Waals surface area (Å²) in [6.07, 6.45) is 1.86. The predicted octanol–water partition coefficient (Wildman–Crippen LogP) is 3.83. The number of nitrogens with zero attached hydrogens (tertiary/aromatic N) is 1. The van der Waals surface area contributed by atoms with Gasteiger partial charge in [-0.15, -0.1) is 11.3 Å². The van der Waals surface area contributed by atoms with Crippen molar-refractivity contribution < 1.29 is 0 Å². The van der Waals surface area contributed by atoms with Gasteiger partial charge in [0, 0.05) is 17.3 Å². The van der Waals surface area contributed by atoms with Gasteiger partial charge in [0.25, 0.3) is 0 Å². The van der Waals surface area contributed by atoms with E-state index in [1.807, 2.05) is 23.3 Å². The quantitative estimate of drug-likeness (QED) is 0.641. The molecule has 0 aliphatic heterocycles. The van der Waals surface area contributed by atoms with Crippen LogP contribution in [0.1, 0.15) is 20.8 Å². The van der Waals surface area contributed by atoms with Crippen molar-refractivity contribution in [2.45, 2.75) is 25.1 Å². The molecule has 80 valence electrons. The smallest absolute Gasteiger partial charge is 0.149 e. The molecule has 1 atom stereocenters. The van der Waals surface area contributed by atoms with E-state index in [4.69, 9.17) is 0 Å². The maximum Gasteiger partial charge on any atom is 0.149 e. The Morgan fingerprint density at radius 1 is 1.57 bits per heavy atom. The van der Waals surface area contributed by atoms with Gasteiger partial charge in [-0.05, 0) is 17.1 Å². The van der Waals surface area contributed by atoms with Gasteiger partial charge in [-0.1, -0.05) is 32.5 Å². The van der Waals surface area contributed by atoms with Gasteiger partial charge >= 0.3 is 0 Å². The molecule has 0 N–H and O–H groups in total. The average molecular weight is 247 g/mol. The van der Waals surface area contributed by atoms with Crippen molar-refractivity contribution in [2.75, 3.05) is 11.5 Å². The summed E-state index contributed by atoms with van der Waals surface area (Å²) in [5, 5.41) is 2.02. The van der Waals surface area contributed by atoms with Crippen LogP contribution in [0.4, 0.5) is 0 Å². The first-order valence-corrected chi connectivity index (χ1v) is 7.17.